The minimum atomic E-state index is -0.833. The number of aromatic nitrogens is 2. The Morgan fingerprint density at radius 3 is 2.60 bits per heavy atom. The Kier molecular flexibility index (Phi) is 3.38. The highest BCUT2D eigenvalue weighted by Crippen LogP contribution is 2.15. The Morgan fingerprint density at radius 2 is 2.20 bits per heavy atom. The number of ether oxygens (including phenoxy) is 2. The lowest BCUT2D eigenvalue weighted by atomic mass is 10.3. The molecule has 0 aliphatic rings. The van der Waals surface area contributed by atoms with E-state index in [-0.39, 0.29) is 12.2 Å². The van der Waals surface area contributed by atoms with Gasteiger partial charge < -0.3 is 9.47 Å². The molecule has 0 saturated heterocycles. The molecular weight excluding hydrogens is 202 g/mol. The van der Waals surface area contributed by atoms with Crippen molar-refractivity contribution < 1.29 is 14.4 Å². The highest BCUT2D eigenvalue weighted by atomic mass is 16.7. The molecule has 0 aliphatic carbocycles. The van der Waals surface area contributed by atoms with Gasteiger partial charge in [0.2, 0.25) is 0 Å². The molecule has 0 aliphatic heterocycles. The summed E-state index contributed by atoms with van der Waals surface area (Å²) in [6.45, 7) is 2.01. The lowest BCUT2D eigenvalue weighted by molar-refractivity contribution is -0.385. The third-order valence-electron chi connectivity index (χ3n) is 2.14. The monoisotopic (exact) mass is 215 g/mol. The molecule has 0 bridgehead atoms. The first kappa shape index (κ1) is 11.6. The first-order valence-corrected chi connectivity index (χ1v) is 4.28. The average molecular weight is 215 g/mol. The van der Waals surface area contributed by atoms with E-state index in [1.807, 2.05) is 0 Å². The fourth-order valence-corrected chi connectivity index (χ4v) is 1.04. The van der Waals surface area contributed by atoms with Crippen LogP contribution in [0, 0.1) is 10.1 Å². The molecule has 15 heavy (non-hydrogen) atoms. The summed E-state index contributed by atoms with van der Waals surface area (Å²) in [5, 5.41) is 14.2. The Morgan fingerprint density at radius 1 is 1.60 bits per heavy atom. The zero-order valence-electron chi connectivity index (χ0n) is 8.84. The summed E-state index contributed by atoms with van der Waals surface area (Å²) < 4.78 is 11.6. The Labute approximate surface area is 86.7 Å². The van der Waals surface area contributed by atoms with Crippen LogP contribution in [0.3, 0.4) is 0 Å². The maximum atomic E-state index is 10.4. The zero-order chi connectivity index (χ0) is 11.5. The minimum Gasteiger partial charge on any atom is -0.352 e. The van der Waals surface area contributed by atoms with Crippen molar-refractivity contribution in [1.29, 1.82) is 0 Å². The summed E-state index contributed by atoms with van der Waals surface area (Å²) in [6.07, 6.45) is 2.52. The molecule has 7 heteroatoms. The molecule has 0 spiro atoms. The second-order valence-electron chi connectivity index (χ2n) is 3.20. The SMILES string of the molecule is COC(C)(Cn1cc([N+](=O)[O-])cn1)OC. The van der Waals surface area contributed by atoms with E-state index < -0.39 is 10.7 Å². The predicted molar refractivity (Wildman–Crippen MR) is 51.3 cm³/mol. The van der Waals surface area contributed by atoms with Crippen LogP contribution in [0.2, 0.25) is 0 Å². The van der Waals surface area contributed by atoms with Gasteiger partial charge in [-0.2, -0.15) is 5.10 Å². The van der Waals surface area contributed by atoms with Gasteiger partial charge in [0.1, 0.15) is 12.4 Å². The van der Waals surface area contributed by atoms with E-state index in [0.29, 0.717) is 0 Å². The third kappa shape index (κ3) is 2.74. The van der Waals surface area contributed by atoms with Crippen molar-refractivity contribution in [3.8, 4) is 0 Å². The van der Waals surface area contributed by atoms with E-state index in [0.717, 1.165) is 0 Å². The zero-order valence-corrected chi connectivity index (χ0v) is 8.84. The van der Waals surface area contributed by atoms with E-state index in [4.69, 9.17) is 9.47 Å². The number of hydrogen-bond acceptors (Lipinski definition) is 5. The molecule has 84 valence electrons. The van der Waals surface area contributed by atoms with Crippen LogP contribution in [0.15, 0.2) is 12.4 Å². The molecule has 1 aromatic rings. The summed E-state index contributed by atoms with van der Waals surface area (Å²) in [7, 11) is 3.00. The second-order valence-corrected chi connectivity index (χ2v) is 3.20. The molecule has 0 radical (unpaired) electrons. The van der Waals surface area contributed by atoms with Crippen molar-refractivity contribution >= 4 is 5.69 Å². The molecule has 0 saturated carbocycles. The fourth-order valence-electron chi connectivity index (χ4n) is 1.04. The summed E-state index contributed by atoms with van der Waals surface area (Å²) >= 11 is 0. The first-order chi connectivity index (χ1) is 7.00. The van der Waals surface area contributed by atoms with Gasteiger partial charge in [-0.1, -0.05) is 0 Å². The van der Waals surface area contributed by atoms with Crippen LogP contribution in [0.25, 0.3) is 0 Å². The molecule has 7 nitrogen and oxygen atoms in total. The second kappa shape index (κ2) is 4.37. The molecule has 1 heterocycles. The van der Waals surface area contributed by atoms with E-state index >= 15 is 0 Å². The molecule has 0 atom stereocenters. The standard InChI is InChI=1S/C8H13N3O4/c1-8(14-2,15-3)6-10-5-7(4-9-10)11(12)13/h4-5H,6H2,1-3H3. The van der Waals surface area contributed by atoms with Crippen LogP contribution in [0.5, 0.6) is 0 Å². The normalized spacial score (nSPS) is 11.7. The summed E-state index contributed by atoms with van der Waals surface area (Å²) in [6, 6.07) is 0. The van der Waals surface area contributed by atoms with Crippen molar-refractivity contribution in [2.24, 2.45) is 0 Å². The molecule has 0 N–H and O–H groups in total. The highest BCUT2D eigenvalue weighted by molar-refractivity contribution is 5.20. The number of nitro groups is 1. The van der Waals surface area contributed by atoms with Crippen molar-refractivity contribution in [2.45, 2.75) is 19.3 Å². The van der Waals surface area contributed by atoms with E-state index in [1.54, 1.807) is 6.92 Å². The van der Waals surface area contributed by atoms with Gasteiger partial charge in [0.15, 0.2) is 5.79 Å². The van der Waals surface area contributed by atoms with Gasteiger partial charge in [-0.3, -0.25) is 14.8 Å². The predicted octanol–water partition coefficient (Wildman–Crippen LogP) is 0.800. The third-order valence-corrected chi connectivity index (χ3v) is 2.14. The Hall–Kier alpha value is -1.47. The molecule has 0 amide bonds. The van der Waals surface area contributed by atoms with E-state index in [2.05, 4.69) is 5.10 Å². The van der Waals surface area contributed by atoms with Crippen molar-refractivity contribution in [3.05, 3.63) is 22.5 Å². The maximum Gasteiger partial charge on any atom is 0.306 e. The molecule has 0 aromatic carbocycles. The van der Waals surface area contributed by atoms with E-state index in [1.165, 1.54) is 31.3 Å². The highest BCUT2D eigenvalue weighted by Gasteiger charge is 2.24. The van der Waals surface area contributed by atoms with Crippen LogP contribution in [-0.2, 0) is 16.0 Å². The largest absolute Gasteiger partial charge is 0.352 e. The molecule has 1 rings (SSSR count). The molecule has 0 fully saturated rings. The average Bonchev–Trinajstić information content (AvgIpc) is 2.66. The van der Waals surface area contributed by atoms with Crippen LogP contribution in [-0.4, -0.2) is 34.7 Å². The molecular formula is C8H13N3O4. The molecule has 1 aromatic heterocycles. The molecule has 0 unspecified atom stereocenters. The van der Waals surface area contributed by atoms with Gasteiger partial charge in [-0.05, 0) is 6.92 Å². The lowest BCUT2D eigenvalue weighted by Crippen LogP contribution is -2.35. The minimum absolute atomic E-state index is 0.0513. The number of nitrogens with zero attached hydrogens (tertiary/aromatic N) is 3. The lowest BCUT2D eigenvalue weighted by Gasteiger charge is -2.25. The topological polar surface area (TPSA) is 79.4 Å². The smallest absolute Gasteiger partial charge is 0.306 e. The van der Waals surface area contributed by atoms with Gasteiger partial charge >= 0.3 is 5.69 Å². The van der Waals surface area contributed by atoms with Crippen LogP contribution in [0.4, 0.5) is 5.69 Å². The van der Waals surface area contributed by atoms with Gasteiger partial charge in [0.25, 0.3) is 0 Å². The maximum absolute atomic E-state index is 10.4. The van der Waals surface area contributed by atoms with Crippen LogP contribution in [0.1, 0.15) is 6.92 Å². The van der Waals surface area contributed by atoms with Crippen molar-refractivity contribution in [3.63, 3.8) is 0 Å². The summed E-state index contributed by atoms with van der Waals surface area (Å²) in [5.41, 5.74) is -0.0513. The van der Waals surface area contributed by atoms with Gasteiger partial charge in [0.05, 0.1) is 11.5 Å². The van der Waals surface area contributed by atoms with Gasteiger partial charge in [0, 0.05) is 14.2 Å². The Balaban J connectivity index is 2.76. The van der Waals surface area contributed by atoms with Gasteiger partial charge in [-0.25, -0.2) is 0 Å². The number of rotatable bonds is 5. The number of methoxy groups -OCH3 is 2. The van der Waals surface area contributed by atoms with Crippen molar-refractivity contribution in [2.75, 3.05) is 14.2 Å². The first-order valence-electron chi connectivity index (χ1n) is 4.28. The van der Waals surface area contributed by atoms with Crippen LogP contribution >= 0.6 is 0 Å². The van der Waals surface area contributed by atoms with Gasteiger partial charge in [-0.15, -0.1) is 0 Å². The van der Waals surface area contributed by atoms with E-state index in [9.17, 15) is 10.1 Å². The quantitative estimate of drug-likeness (QED) is 0.412. The summed E-state index contributed by atoms with van der Waals surface area (Å²) in [5.74, 6) is -0.833. The fraction of sp³-hybridized carbons (Fsp3) is 0.625. The van der Waals surface area contributed by atoms with Crippen LogP contribution < -0.4 is 0 Å². The van der Waals surface area contributed by atoms with Crippen molar-refractivity contribution in [1.82, 2.24) is 9.78 Å². The Bertz CT molecular complexity index is 345. The number of hydrogen-bond donors (Lipinski definition) is 0. The summed E-state index contributed by atoms with van der Waals surface area (Å²) in [4.78, 5) is 9.91.